The van der Waals surface area contributed by atoms with Crippen molar-refractivity contribution < 1.29 is 26.7 Å². The molecule has 3 rings (SSSR count). The van der Waals surface area contributed by atoms with Gasteiger partial charge in [-0.15, -0.1) is 0 Å². The van der Waals surface area contributed by atoms with Gasteiger partial charge in [-0.05, 0) is 48.7 Å². The fourth-order valence-corrected chi connectivity index (χ4v) is 4.98. The van der Waals surface area contributed by atoms with Crippen LogP contribution in [-0.4, -0.2) is 33.5 Å². The number of methoxy groups -OCH3 is 2. The lowest BCUT2D eigenvalue weighted by molar-refractivity contribution is 0.351. The molecule has 1 aliphatic heterocycles. The van der Waals surface area contributed by atoms with Crippen LogP contribution in [0.5, 0.6) is 11.5 Å². The molecular formula is C18H19F2NO4S. The van der Waals surface area contributed by atoms with Crippen LogP contribution in [0.3, 0.4) is 0 Å². The van der Waals surface area contributed by atoms with Gasteiger partial charge in [0.2, 0.25) is 10.0 Å². The Labute approximate surface area is 151 Å². The number of halogens is 2. The number of sulfonamides is 1. The number of hydrogen-bond donors (Lipinski definition) is 0. The maximum Gasteiger partial charge on any atom is 0.246 e. The summed E-state index contributed by atoms with van der Waals surface area (Å²) < 4.78 is 65.1. The Morgan fingerprint density at radius 1 is 1.04 bits per heavy atom. The molecule has 0 aromatic heterocycles. The molecule has 0 N–H and O–H groups in total. The highest BCUT2D eigenvalue weighted by atomic mass is 32.2. The maximum atomic E-state index is 14.1. The van der Waals surface area contributed by atoms with E-state index in [2.05, 4.69) is 0 Å². The quantitative estimate of drug-likeness (QED) is 0.793. The minimum Gasteiger partial charge on any atom is -0.493 e. The van der Waals surface area contributed by atoms with Crippen molar-refractivity contribution in [3.05, 3.63) is 53.6 Å². The molecule has 0 radical (unpaired) electrons. The van der Waals surface area contributed by atoms with Crippen LogP contribution in [-0.2, 0) is 10.0 Å². The maximum absolute atomic E-state index is 14.1. The molecule has 0 saturated carbocycles. The van der Waals surface area contributed by atoms with Gasteiger partial charge in [-0.1, -0.05) is 6.07 Å². The van der Waals surface area contributed by atoms with Gasteiger partial charge < -0.3 is 9.47 Å². The first kappa shape index (κ1) is 18.6. The second-order valence-corrected chi connectivity index (χ2v) is 7.82. The van der Waals surface area contributed by atoms with Gasteiger partial charge in [-0.3, -0.25) is 0 Å². The van der Waals surface area contributed by atoms with Crippen LogP contribution < -0.4 is 9.47 Å². The minimum absolute atomic E-state index is 0.233. The largest absolute Gasteiger partial charge is 0.493 e. The summed E-state index contributed by atoms with van der Waals surface area (Å²) in [6, 6.07) is 7.10. The Morgan fingerprint density at radius 2 is 1.77 bits per heavy atom. The van der Waals surface area contributed by atoms with Gasteiger partial charge in [0.25, 0.3) is 0 Å². The summed E-state index contributed by atoms with van der Waals surface area (Å²) in [6.07, 6.45) is 1.20. The van der Waals surface area contributed by atoms with Gasteiger partial charge in [0.15, 0.2) is 11.5 Å². The molecular weight excluding hydrogens is 364 g/mol. The van der Waals surface area contributed by atoms with E-state index < -0.39 is 32.6 Å². The molecule has 8 heteroatoms. The molecule has 2 aromatic rings. The number of rotatable bonds is 5. The van der Waals surface area contributed by atoms with Crippen LogP contribution >= 0.6 is 0 Å². The van der Waals surface area contributed by atoms with E-state index in [0.717, 1.165) is 12.1 Å². The van der Waals surface area contributed by atoms with Gasteiger partial charge in [-0.25, -0.2) is 17.2 Å². The lowest BCUT2D eigenvalue weighted by Gasteiger charge is -2.25. The van der Waals surface area contributed by atoms with E-state index in [9.17, 15) is 17.2 Å². The molecule has 2 aromatic carbocycles. The predicted octanol–water partition coefficient (Wildman–Crippen LogP) is 3.51. The molecule has 1 unspecified atom stereocenters. The first-order valence-electron chi connectivity index (χ1n) is 8.07. The average Bonchev–Trinajstić information content (AvgIpc) is 3.13. The van der Waals surface area contributed by atoms with E-state index in [1.807, 2.05) is 0 Å². The smallest absolute Gasteiger partial charge is 0.246 e. The third kappa shape index (κ3) is 3.26. The molecule has 1 fully saturated rings. The predicted molar refractivity (Wildman–Crippen MR) is 91.8 cm³/mol. The summed E-state index contributed by atoms with van der Waals surface area (Å²) in [5, 5.41) is 0. The summed E-state index contributed by atoms with van der Waals surface area (Å²) in [4.78, 5) is -0.648. The fourth-order valence-electron chi connectivity index (χ4n) is 3.22. The number of benzene rings is 2. The zero-order valence-corrected chi connectivity index (χ0v) is 15.2. The van der Waals surface area contributed by atoms with Crippen LogP contribution in [0.2, 0.25) is 0 Å². The Hall–Kier alpha value is -2.19. The first-order chi connectivity index (χ1) is 12.4. The van der Waals surface area contributed by atoms with Crippen LogP contribution in [0, 0.1) is 11.6 Å². The van der Waals surface area contributed by atoms with E-state index >= 15 is 0 Å². The normalized spacial score (nSPS) is 18.1. The molecule has 0 aliphatic carbocycles. The van der Waals surface area contributed by atoms with Crippen molar-refractivity contribution in [2.75, 3.05) is 20.8 Å². The van der Waals surface area contributed by atoms with Crippen molar-refractivity contribution in [2.45, 2.75) is 23.8 Å². The molecule has 0 amide bonds. The third-order valence-electron chi connectivity index (χ3n) is 4.48. The first-order valence-corrected chi connectivity index (χ1v) is 9.51. The summed E-state index contributed by atoms with van der Waals surface area (Å²) >= 11 is 0. The standard InChI is InChI=1S/C18H19F2NO4S/c1-24-16-8-5-12(10-17(16)25-2)15-4-3-9-21(15)26(22,23)18-11-13(19)6-7-14(18)20/h5-8,10-11,15H,3-4,9H2,1-2H3. The summed E-state index contributed by atoms with van der Waals surface area (Å²) in [7, 11) is -1.17. The SMILES string of the molecule is COc1ccc(C2CCCN2S(=O)(=O)c2cc(F)ccc2F)cc1OC. The van der Waals surface area contributed by atoms with Crippen molar-refractivity contribution in [3.63, 3.8) is 0 Å². The summed E-state index contributed by atoms with van der Waals surface area (Å²) in [5.41, 5.74) is 0.709. The average molecular weight is 383 g/mol. The molecule has 0 bridgehead atoms. The van der Waals surface area contributed by atoms with Crippen LogP contribution in [0.15, 0.2) is 41.3 Å². The fraction of sp³-hybridized carbons (Fsp3) is 0.333. The molecule has 0 spiro atoms. The Kier molecular flexibility index (Phi) is 5.15. The Morgan fingerprint density at radius 3 is 2.46 bits per heavy atom. The van der Waals surface area contributed by atoms with Crippen molar-refractivity contribution in [1.82, 2.24) is 4.31 Å². The molecule has 26 heavy (non-hydrogen) atoms. The zero-order valence-electron chi connectivity index (χ0n) is 14.4. The van der Waals surface area contributed by atoms with Gasteiger partial charge in [0.1, 0.15) is 16.5 Å². The van der Waals surface area contributed by atoms with E-state index in [0.29, 0.717) is 36.0 Å². The van der Waals surface area contributed by atoms with Gasteiger partial charge in [-0.2, -0.15) is 4.31 Å². The molecule has 1 heterocycles. The number of nitrogens with zero attached hydrogens (tertiary/aromatic N) is 1. The second kappa shape index (κ2) is 7.20. The third-order valence-corrected chi connectivity index (χ3v) is 6.40. The van der Waals surface area contributed by atoms with E-state index in [1.54, 1.807) is 18.2 Å². The minimum atomic E-state index is -4.18. The Bertz CT molecular complexity index is 917. The van der Waals surface area contributed by atoms with Crippen molar-refractivity contribution in [3.8, 4) is 11.5 Å². The highest BCUT2D eigenvalue weighted by Gasteiger charge is 2.38. The Balaban J connectivity index is 2.01. The zero-order chi connectivity index (χ0) is 18.9. The van der Waals surface area contributed by atoms with Crippen molar-refractivity contribution in [1.29, 1.82) is 0 Å². The van der Waals surface area contributed by atoms with Gasteiger partial charge in [0, 0.05) is 6.54 Å². The topological polar surface area (TPSA) is 55.8 Å². The van der Waals surface area contributed by atoms with Gasteiger partial charge in [0.05, 0.1) is 20.3 Å². The molecule has 1 aliphatic rings. The van der Waals surface area contributed by atoms with Crippen molar-refractivity contribution in [2.24, 2.45) is 0 Å². The van der Waals surface area contributed by atoms with E-state index in [4.69, 9.17) is 9.47 Å². The lowest BCUT2D eigenvalue weighted by Crippen LogP contribution is -2.31. The molecule has 140 valence electrons. The van der Waals surface area contributed by atoms with Crippen molar-refractivity contribution >= 4 is 10.0 Å². The van der Waals surface area contributed by atoms with Crippen LogP contribution in [0.25, 0.3) is 0 Å². The second-order valence-electron chi connectivity index (χ2n) is 5.96. The van der Waals surface area contributed by atoms with Crippen LogP contribution in [0.1, 0.15) is 24.4 Å². The monoisotopic (exact) mass is 383 g/mol. The summed E-state index contributed by atoms with van der Waals surface area (Å²) in [5.74, 6) is -0.762. The molecule has 1 saturated heterocycles. The van der Waals surface area contributed by atoms with E-state index in [-0.39, 0.29) is 6.54 Å². The van der Waals surface area contributed by atoms with Gasteiger partial charge >= 0.3 is 0 Å². The molecule has 5 nitrogen and oxygen atoms in total. The number of ether oxygens (including phenoxy) is 2. The molecule has 1 atom stereocenters. The summed E-state index contributed by atoms with van der Waals surface area (Å²) in [6.45, 7) is 0.233. The lowest BCUT2D eigenvalue weighted by atomic mass is 10.0. The number of hydrogen-bond acceptors (Lipinski definition) is 4. The highest BCUT2D eigenvalue weighted by molar-refractivity contribution is 7.89. The van der Waals surface area contributed by atoms with Crippen LogP contribution in [0.4, 0.5) is 8.78 Å². The highest BCUT2D eigenvalue weighted by Crippen LogP contribution is 2.40. The van der Waals surface area contributed by atoms with E-state index in [1.165, 1.54) is 18.5 Å².